The highest BCUT2D eigenvalue weighted by molar-refractivity contribution is 6.18. The number of carbonyl (C=O) groups excluding carboxylic acids is 3. The SMILES string of the molecule is Cc1nc(CN2C(=O)NC(=O)C(C)(C)C2=O)oc1C. The molecule has 0 radical (unpaired) electrons. The molecule has 0 saturated carbocycles. The molecule has 0 atom stereocenters. The third-order valence-electron chi connectivity index (χ3n) is 3.18. The molecule has 1 aromatic rings. The Balaban J connectivity index is 2.26. The molecule has 1 aromatic heterocycles. The first-order valence-electron chi connectivity index (χ1n) is 5.83. The summed E-state index contributed by atoms with van der Waals surface area (Å²) >= 11 is 0. The number of nitrogens with zero attached hydrogens (tertiary/aromatic N) is 2. The number of oxazole rings is 1. The summed E-state index contributed by atoms with van der Waals surface area (Å²) in [7, 11) is 0. The van der Waals surface area contributed by atoms with Crippen LogP contribution in [-0.2, 0) is 16.1 Å². The standard InChI is InChI=1S/C12H15N3O4/c1-6-7(2)19-8(13-6)5-15-10(17)12(3,4)9(16)14-11(15)18/h5H2,1-4H3,(H,14,16,18). The van der Waals surface area contributed by atoms with Crippen molar-refractivity contribution in [1.82, 2.24) is 15.2 Å². The lowest BCUT2D eigenvalue weighted by atomic mass is 9.89. The van der Waals surface area contributed by atoms with Gasteiger partial charge in [-0.15, -0.1) is 0 Å². The predicted octanol–water partition coefficient (Wildman–Crippen LogP) is 0.896. The summed E-state index contributed by atoms with van der Waals surface area (Å²) < 4.78 is 5.34. The van der Waals surface area contributed by atoms with Gasteiger partial charge in [-0.25, -0.2) is 9.78 Å². The van der Waals surface area contributed by atoms with E-state index < -0.39 is 23.3 Å². The maximum absolute atomic E-state index is 12.1. The van der Waals surface area contributed by atoms with Gasteiger partial charge in [0.05, 0.1) is 5.69 Å². The van der Waals surface area contributed by atoms with E-state index in [0.29, 0.717) is 11.5 Å². The van der Waals surface area contributed by atoms with E-state index in [-0.39, 0.29) is 12.4 Å². The first-order chi connectivity index (χ1) is 8.73. The molecule has 1 aliphatic rings. The van der Waals surface area contributed by atoms with Crippen LogP contribution in [0.1, 0.15) is 31.2 Å². The molecule has 0 aromatic carbocycles. The van der Waals surface area contributed by atoms with Gasteiger partial charge in [-0.2, -0.15) is 0 Å². The van der Waals surface area contributed by atoms with E-state index in [9.17, 15) is 14.4 Å². The molecule has 1 aliphatic heterocycles. The second kappa shape index (κ2) is 4.18. The van der Waals surface area contributed by atoms with E-state index in [1.807, 2.05) is 0 Å². The van der Waals surface area contributed by atoms with Crippen molar-refractivity contribution >= 4 is 17.8 Å². The summed E-state index contributed by atoms with van der Waals surface area (Å²) in [5.41, 5.74) is -0.569. The van der Waals surface area contributed by atoms with Gasteiger partial charge in [-0.3, -0.25) is 19.8 Å². The molecule has 102 valence electrons. The Labute approximate surface area is 110 Å². The fraction of sp³-hybridized carbons (Fsp3) is 0.500. The zero-order chi connectivity index (χ0) is 14.4. The van der Waals surface area contributed by atoms with Crippen LogP contribution in [0.4, 0.5) is 4.79 Å². The Hall–Kier alpha value is -2.18. The molecule has 1 fully saturated rings. The monoisotopic (exact) mass is 265 g/mol. The third kappa shape index (κ3) is 2.11. The minimum Gasteiger partial charge on any atom is -0.444 e. The van der Waals surface area contributed by atoms with Crippen LogP contribution in [0.2, 0.25) is 0 Å². The lowest BCUT2D eigenvalue weighted by molar-refractivity contribution is -0.149. The molecule has 0 bridgehead atoms. The average Bonchev–Trinajstić information content (AvgIpc) is 2.62. The number of carbonyl (C=O) groups is 3. The summed E-state index contributed by atoms with van der Waals surface area (Å²) in [6, 6.07) is -0.747. The normalized spacial score (nSPS) is 18.7. The lowest BCUT2D eigenvalue weighted by Gasteiger charge is -2.33. The zero-order valence-corrected chi connectivity index (χ0v) is 11.2. The number of aryl methyl sites for hydroxylation is 2. The highest BCUT2D eigenvalue weighted by Crippen LogP contribution is 2.24. The van der Waals surface area contributed by atoms with Crippen LogP contribution in [0.25, 0.3) is 0 Å². The highest BCUT2D eigenvalue weighted by atomic mass is 16.4. The fourth-order valence-electron chi connectivity index (χ4n) is 1.73. The third-order valence-corrected chi connectivity index (χ3v) is 3.18. The van der Waals surface area contributed by atoms with Gasteiger partial charge in [0.25, 0.3) is 0 Å². The van der Waals surface area contributed by atoms with Crippen LogP contribution in [0, 0.1) is 19.3 Å². The van der Waals surface area contributed by atoms with Crippen molar-refractivity contribution in [3.05, 3.63) is 17.3 Å². The van der Waals surface area contributed by atoms with E-state index in [1.54, 1.807) is 13.8 Å². The maximum atomic E-state index is 12.1. The van der Waals surface area contributed by atoms with Gasteiger partial charge in [0, 0.05) is 0 Å². The molecule has 0 unspecified atom stereocenters. The second-order valence-electron chi connectivity index (χ2n) is 5.02. The number of amides is 4. The predicted molar refractivity (Wildman–Crippen MR) is 63.8 cm³/mol. The molecule has 0 spiro atoms. The number of nitrogens with one attached hydrogen (secondary N) is 1. The number of hydrogen-bond donors (Lipinski definition) is 1. The minimum absolute atomic E-state index is 0.0872. The summed E-state index contributed by atoms with van der Waals surface area (Å²) in [6.45, 7) is 6.37. The fourth-order valence-corrected chi connectivity index (χ4v) is 1.73. The van der Waals surface area contributed by atoms with Crippen molar-refractivity contribution in [2.45, 2.75) is 34.2 Å². The molecule has 7 heteroatoms. The summed E-state index contributed by atoms with van der Waals surface area (Å²) in [4.78, 5) is 40.5. The Bertz CT molecular complexity index is 554. The quantitative estimate of drug-likeness (QED) is 0.802. The number of imide groups is 2. The first-order valence-corrected chi connectivity index (χ1v) is 5.83. The Morgan fingerprint density at radius 2 is 1.89 bits per heavy atom. The minimum atomic E-state index is -1.27. The van der Waals surface area contributed by atoms with Crippen LogP contribution >= 0.6 is 0 Å². The van der Waals surface area contributed by atoms with E-state index in [1.165, 1.54) is 13.8 Å². The van der Waals surface area contributed by atoms with Gasteiger partial charge < -0.3 is 4.42 Å². The second-order valence-corrected chi connectivity index (χ2v) is 5.02. The molecule has 19 heavy (non-hydrogen) atoms. The van der Waals surface area contributed by atoms with Crippen LogP contribution in [-0.4, -0.2) is 27.7 Å². The molecule has 7 nitrogen and oxygen atoms in total. The van der Waals surface area contributed by atoms with Crippen LogP contribution in [0.3, 0.4) is 0 Å². The number of urea groups is 1. The number of hydrogen-bond acceptors (Lipinski definition) is 5. The van der Waals surface area contributed by atoms with Gasteiger partial charge in [-0.05, 0) is 27.7 Å². The Morgan fingerprint density at radius 3 is 2.42 bits per heavy atom. The zero-order valence-electron chi connectivity index (χ0n) is 11.2. The van der Waals surface area contributed by atoms with Crippen molar-refractivity contribution in [3.63, 3.8) is 0 Å². The van der Waals surface area contributed by atoms with Crippen molar-refractivity contribution < 1.29 is 18.8 Å². The van der Waals surface area contributed by atoms with Gasteiger partial charge in [0.15, 0.2) is 0 Å². The number of barbiturate groups is 1. The maximum Gasteiger partial charge on any atom is 0.331 e. The molecule has 2 rings (SSSR count). The molecular weight excluding hydrogens is 250 g/mol. The number of aromatic nitrogens is 1. The molecule has 1 saturated heterocycles. The van der Waals surface area contributed by atoms with Crippen molar-refractivity contribution in [2.24, 2.45) is 5.41 Å². The summed E-state index contributed by atoms with van der Waals surface area (Å²) in [5, 5.41) is 2.15. The van der Waals surface area contributed by atoms with Crippen LogP contribution < -0.4 is 5.32 Å². The molecule has 1 N–H and O–H groups in total. The van der Waals surface area contributed by atoms with Gasteiger partial charge in [0.2, 0.25) is 17.7 Å². The molecule has 0 aliphatic carbocycles. The van der Waals surface area contributed by atoms with Gasteiger partial charge >= 0.3 is 6.03 Å². The Morgan fingerprint density at radius 1 is 1.26 bits per heavy atom. The largest absolute Gasteiger partial charge is 0.444 e. The average molecular weight is 265 g/mol. The van der Waals surface area contributed by atoms with E-state index >= 15 is 0 Å². The smallest absolute Gasteiger partial charge is 0.331 e. The topological polar surface area (TPSA) is 92.5 Å². The summed E-state index contributed by atoms with van der Waals surface area (Å²) in [6.07, 6.45) is 0. The highest BCUT2D eigenvalue weighted by Gasteiger charge is 2.47. The van der Waals surface area contributed by atoms with Crippen molar-refractivity contribution in [1.29, 1.82) is 0 Å². The van der Waals surface area contributed by atoms with E-state index in [4.69, 9.17) is 4.42 Å². The van der Waals surface area contributed by atoms with E-state index in [0.717, 1.165) is 4.90 Å². The molecule has 4 amide bonds. The Kier molecular flexibility index (Phi) is 2.92. The molecular formula is C12H15N3O4. The number of rotatable bonds is 2. The van der Waals surface area contributed by atoms with Crippen molar-refractivity contribution in [2.75, 3.05) is 0 Å². The van der Waals surface area contributed by atoms with Crippen LogP contribution in [0.15, 0.2) is 4.42 Å². The van der Waals surface area contributed by atoms with Gasteiger partial charge in [-0.1, -0.05) is 0 Å². The lowest BCUT2D eigenvalue weighted by Crippen LogP contribution is -2.61. The first kappa shape index (κ1) is 13.3. The van der Waals surface area contributed by atoms with E-state index in [2.05, 4.69) is 10.3 Å². The van der Waals surface area contributed by atoms with Crippen molar-refractivity contribution in [3.8, 4) is 0 Å². The van der Waals surface area contributed by atoms with Gasteiger partial charge in [0.1, 0.15) is 17.7 Å². The van der Waals surface area contributed by atoms with Crippen LogP contribution in [0.5, 0.6) is 0 Å². The summed E-state index contributed by atoms with van der Waals surface area (Å²) in [5.74, 6) is -0.257. The molecule has 2 heterocycles.